The van der Waals surface area contributed by atoms with E-state index in [0.717, 1.165) is 11.1 Å². The van der Waals surface area contributed by atoms with Gasteiger partial charge in [0.05, 0.1) is 13.2 Å². The zero-order valence-electron chi connectivity index (χ0n) is 9.62. The van der Waals surface area contributed by atoms with Gasteiger partial charge >= 0.3 is 0 Å². The highest BCUT2D eigenvalue weighted by Crippen LogP contribution is 2.13. The monoisotopic (exact) mass is 228 g/mol. The van der Waals surface area contributed by atoms with Crippen molar-refractivity contribution in [2.24, 2.45) is 0 Å². The average molecular weight is 228 g/mol. The molecule has 2 aromatic carbocycles. The number of hydrogen-bond acceptors (Lipinski definition) is 2. The molecule has 0 saturated carbocycles. The quantitative estimate of drug-likeness (QED) is 0.852. The van der Waals surface area contributed by atoms with Crippen LogP contribution in [0, 0.1) is 0 Å². The van der Waals surface area contributed by atoms with Crippen LogP contribution in [0.1, 0.15) is 17.2 Å². The van der Waals surface area contributed by atoms with Crippen LogP contribution in [0.15, 0.2) is 60.7 Å². The second-order valence-corrected chi connectivity index (χ2v) is 3.93. The lowest BCUT2D eigenvalue weighted by Gasteiger charge is -2.11. The molecule has 1 atom stereocenters. The summed E-state index contributed by atoms with van der Waals surface area (Å²) in [5.41, 5.74) is 2.01. The summed E-state index contributed by atoms with van der Waals surface area (Å²) in [4.78, 5) is 0. The van der Waals surface area contributed by atoms with Gasteiger partial charge in [0.1, 0.15) is 6.10 Å². The van der Waals surface area contributed by atoms with Crippen LogP contribution in [0.2, 0.25) is 0 Å². The lowest BCUT2D eigenvalue weighted by Crippen LogP contribution is -2.07. The van der Waals surface area contributed by atoms with Crippen LogP contribution in [-0.4, -0.2) is 11.7 Å². The summed E-state index contributed by atoms with van der Waals surface area (Å²) in [6, 6.07) is 19.5. The number of benzene rings is 2. The number of ether oxygens (including phenoxy) is 1. The molecule has 2 heteroatoms. The Morgan fingerprint density at radius 3 is 2.12 bits per heavy atom. The first-order valence-electron chi connectivity index (χ1n) is 5.71. The molecular formula is C15H16O2. The van der Waals surface area contributed by atoms with Gasteiger partial charge in [-0.1, -0.05) is 60.7 Å². The predicted octanol–water partition coefficient (Wildman–Crippen LogP) is 2.94. The minimum atomic E-state index is -0.556. The molecule has 0 radical (unpaired) electrons. The van der Waals surface area contributed by atoms with Crippen molar-refractivity contribution in [2.45, 2.75) is 12.7 Å². The molecule has 0 bridgehead atoms. The third kappa shape index (κ3) is 3.70. The Kier molecular flexibility index (Phi) is 4.30. The molecule has 0 aliphatic rings. The summed E-state index contributed by atoms with van der Waals surface area (Å²) in [5.74, 6) is 0. The van der Waals surface area contributed by atoms with E-state index in [4.69, 9.17) is 4.74 Å². The number of aliphatic hydroxyl groups is 1. The van der Waals surface area contributed by atoms with Crippen molar-refractivity contribution in [1.82, 2.24) is 0 Å². The van der Waals surface area contributed by atoms with Gasteiger partial charge in [-0.3, -0.25) is 0 Å². The lowest BCUT2D eigenvalue weighted by molar-refractivity contribution is 0.0277. The first kappa shape index (κ1) is 11.8. The number of aliphatic hydroxyl groups excluding tert-OH is 1. The van der Waals surface area contributed by atoms with Gasteiger partial charge in [-0.25, -0.2) is 0 Å². The average Bonchev–Trinajstić information content (AvgIpc) is 2.41. The third-order valence-electron chi connectivity index (χ3n) is 2.57. The molecule has 0 fully saturated rings. The van der Waals surface area contributed by atoms with Crippen molar-refractivity contribution >= 4 is 0 Å². The van der Waals surface area contributed by atoms with Crippen molar-refractivity contribution in [2.75, 3.05) is 6.61 Å². The lowest BCUT2D eigenvalue weighted by atomic mass is 10.1. The number of rotatable bonds is 5. The molecule has 0 heterocycles. The predicted molar refractivity (Wildman–Crippen MR) is 67.5 cm³/mol. The molecule has 0 aliphatic carbocycles. The molecule has 88 valence electrons. The van der Waals surface area contributed by atoms with E-state index >= 15 is 0 Å². The van der Waals surface area contributed by atoms with Gasteiger partial charge in [0.2, 0.25) is 0 Å². The maximum Gasteiger partial charge on any atom is 0.102 e. The topological polar surface area (TPSA) is 29.5 Å². The van der Waals surface area contributed by atoms with E-state index in [9.17, 15) is 5.11 Å². The third-order valence-corrected chi connectivity index (χ3v) is 2.57. The first-order valence-corrected chi connectivity index (χ1v) is 5.71. The maximum atomic E-state index is 9.87. The largest absolute Gasteiger partial charge is 0.386 e. The van der Waals surface area contributed by atoms with Crippen LogP contribution in [-0.2, 0) is 11.3 Å². The Balaban J connectivity index is 1.79. The molecule has 1 N–H and O–H groups in total. The zero-order valence-corrected chi connectivity index (χ0v) is 9.62. The first-order chi connectivity index (χ1) is 8.36. The summed E-state index contributed by atoms with van der Waals surface area (Å²) >= 11 is 0. The van der Waals surface area contributed by atoms with Gasteiger partial charge in [-0.05, 0) is 11.1 Å². The Morgan fingerprint density at radius 2 is 1.47 bits per heavy atom. The van der Waals surface area contributed by atoms with E-state index in [1.165, 1.54) is 0 Å². The van der Waals surface area contributed by atoms with E-state index in [1.807, 2.05) is 60.7 Å². The molecule has 0 aromatic heterocycles. The van der Waals surface area contributed by atoms with Gasteiger partial charge in [0.15, 0.2) is 0 Å². The van der Waals surface area contributed by atoms with E-state index in [1.54, 1.807) is 0 Å². The fourth-order valence-electron chi connectivity index (χ4n) is 1.63. The second-order valence-electron chi connectivity index (χ2n) is 3.93. The highest BCUT2D eigenvalue weighted by molar-refractivity contribution is 5.17. The summed E-state index contributed by atoms with van der Waals surface area (Å²) in [6.45, 7) is 0.851. The number of hydrogen-bond donors (Lipinski definition) is 1. The molecule has 0 amide bonds. The molecule has 2 rings (SSSR count). The van der Waals surface area contributed by atoms with Gasteiger partial charge in [-0.2, -0.15) is 0 Å². The second kappa shape index (κ2) is 6.18. The van der Waals surface area contributed by atoms with Crippen molar-refractivity contribution in [3.8, 4) is 0 Å². The van der Waals surface area contributed by atoms with E-state index < -0.39 is 6.10 Å². The van der Waals surface area contributed by atoms with Crippen molar-refractivity contribution < 1.29 is 9.84 Å². The van der Waals surface area contributed by atoms with Gasteiger partial charge in [-0.15, -0.1) is 0 Å². The van der Waals surface area contributed by atoms with E-state index in [0.29, 0.717) is 13.2 Å². The normalized spacial score (nSPS) is 12.3. The van der Waals surface area contributed by atoms with Gasteiger partial charge in [0.25, 0.3) is 0 Å². The Labute approximate surface area is 101 Å². The SMILES string of the molecule is O[C@@H](COCc1ccccc1)c1ccccc1. The van der Waals surface area contributed by atoms with E-state index in [-0.39, 0.29) is 0 Å². The molecule has 2 aromatic rings. The smallest absolute Gasteiger partial charge is 0.102 e. The summed E-state index contributed by atoms with van der Waals surface area (Å²) < 4.78 is 5.49. The summed E-state index contributed by atoms with van der Waals surface area (Å²) in [5, 5.41) is 9.87. The van der Waals surface area contributed by atoms with Crippen LogP contribution in [0.3, 0.4) is 0 Å². The van der Waals surface area contributed by atoms with Crippen LogP contribution >= 0.6 is 0 Å². The van der Waals surface area contributed by atoms with Crippen LogP contribution in [0.25, 0.3) is 0 Å². The zero-order chi connectivity index (χ0) is 11.9. The molecule has 0 spiro atoms. The van der Waals surface area contributed by atoms with Gasteiger partial charge < -0.3 is 9.84 Å². The van der Waals surface area contributed by atoms with Crippen molar-refractivity contribution in [1.29, 1.82) is 0 Å². The Morgan fingerprint density at radius 1 is 0.882 bits per heavy atom. The fraction of sp³-hybridized carbons (Fsp3) is 0.200. The molecule has 2 nitrogen and oxygen atoms in total. The highest BCUT2D eigenvalue weighted by atomic mass is 16.5. The molecule has 17 heavy (non-hydrogen) atoms. The standard InChI is InChI=1S/C15H16O2/c16-15(14-9-5-2-6-10-14)12-17-11-13-7-3-1-4-8-13/h1-10,15-16H,11-12H2/t15-/m0/s1. The van der Waals surface area contributed by atoms with E-state index in [2.05, 4.69) is 0 Å². The molecule has 0 saturated heterocycles. The van der Waals surface area contributed by atoms with Crippen LogP contribution < -0.4 is 0 Å². The minimum absolute atomic E-state index is 0.318. The van der Waals surface area contributed by atoms with Crippen molar-refractivity contribution in [3.05, 3.63) is 71.8 Å². The van der Waals surface area contributed by atoms with Crippen molar-refractivity contribution in [3.63, 3.8) is 0 Å². The molecule has 0 aliphatic heterocycles. The Bertz CT molecular complexity index is 425. The molecular weight excluding hydrogens is 212 g/mol. The highest BCUT2D eigenvalue weighted by Gasteiger charge is 2.06. The van der Waals surface area contributed by atoms with Gasteiger partial charge in [0, 0.05) is 0 Å². The summed E-state index contributed by atoms with van der Waals surface area (Å²) in [6.07, 6.45) is -0.556. The Hall–Kier alpha value is -1.64. The fourth-order valence-corrected chi connectivity index (χ4v) is 1.63. The van der Waals surface area contributed by atoms with Crippen LogP contribution in [0.4, 0.5) is 0 Å². The summed E-state index contributed by atoms with van der Waals surface area (Å²) in [7, 11) is 0. The minimum Gasteiger partial charge on any atom is -0.386 e. The van der Waals surface area contributed by atoms with Crippen LogP contribution in [0.5, 0.6) is 0 Å². The molecule has 0 unspecified atom stereocenters. The maximum absolute atomic E-state index is 9.87.